The van der Waals surface area contributed by atoms with Crippen molar-refractivity contribution in [2.45, 2.75) is 25.4 Å². The lowest BCUT2D eigenvalue weighted by molar-refractivity contribution is 0.114. The maximum Gasteiger partial charge on any atom is 0.261 e. The van der Waals surface area contributed by atoms with Gasteiger partial charge in [-0.05, 0) is 54.3 Å². The van der Waals surface area contributed by atoms with Gasteiger partial charge in [-0.25, -0.2) is 4.39 Å². The average Bonchev–Trinajstić information content (AvgIpc) is 3.19. The van der Waals surface area contributed by atoms with E-state index in [-0.39, 0.29) is 11.4 Å². The third-order valence-corrected chi connectivity index (χ3v) is 5.79. The van der Waals surface area contributed by atoms with Gasteiger partial charge in [0.25, 0.3) is 5.56 Å². The summed E-state index contributed by atoms with van der Waals surface area (Å²) in [6, 6.07) is 14.4. The summed E-state index contributed by atoms with van der Waals surface area (Å²) in [6.07, 6.45) is 2.72. The average molecular weight is 364 g/mol. The number of hydrogen-bond acceptors (Lipinski definition) is 3. The van der Waals surface area contributed by atoms with Crippen molar-refractivity contribution >= 4 is 0 Å². The van der Waals surface area contributed by atoms with Gasteiger partial charge >= 0.3 is 0 Å². The van der Waals surface area contributed by atoms with Crippen LogP contribution in [0.25, 0.3) is 11.3 Å². The molecule has 2 aliphatic heterocycles. The van der Waals surface area contributed by atoms with Gasteiger partial charge in [-0.15, -0.1) is 0 Å². The summed E-state index contributed by atoms with van der Waals surface area (Å²) in [7, 11) is 0. The first kappa shape index (κ1) is 16.5. The molecule has 0 radical (unpaired) electrons. The monoisotopic (exact) mass is 364 g/mol. The largest absolute Gasteiger partial charge is 0.464 e. The number of rotatable bonds is 3. The Morgan fingerprint density at radius 2 is 1.89 bits per heavy atom. The number of fused-ring (bicyclic) bond motifs is 4. The van der Waals surface area contributed by atoms with Crippen molar-refractivity contribution in [2.75, 3.05) is 13.1 Å². The second kappa shape index (κ2) is 6.50. The van der Waals surface area contributed by atoms with Crippen LogP contribution in [0, 0.1) is 11.7 Å². The second-order valence-corrected chi connectivity index (χ2v) is 7.68. The number of halogens is 1. The molecule has 2 aromatic heterocycles. The van der Waals surface area contributed by atoms with E-state index in [1.165, 1.54) is 12.1 Å². The van der Waals surface area contributed by atoms with Gasteiger partial charge in [-0.3, -0.25) is 9.69 Å². The van der Waals surface area contributed by atoms with Gasteiger partial charge in [-0.1, -0.05) is 12.1 Å². The van der Waals surface area contributed by atoms with E-state index in [0.29, 0.717) is 23.2 Å². The fourth-order valence-corrected chi connectivity index (χ4v) is 4.64. The minimum absolute atomic E-state index is 0.0455. The third-order valence-electron chi connectivity index (χ3n) is 5.79. The number of pyridine rings is 1. The molecule has 5 rings (SSSR count). The fraction of sp³-hybridized carbons (Fsp3) is 0.318. The third kappa shape index (κ3) is 3.02. The molecule has 1 saturated heterocycles. The highest BCUT2D eigenvalue weighted by atomic mass is 19.1. The van der Waals surface area contributed by atoms with E-state index in [0.717, 1.165) is 43.9 Å². The van der Waals surface area contributed by atoms with E-state index in [9.17, 15) is 9.18 Å². The maximum atomic E-state index is 13.1. The van der Waals surface area contributed by atoms with Crippen molar-refractivity contribution in [3.8, 4) is 11.3 Å². The van der Waals surface area contributed by atoms with E-state index < -0.39 is 0 Å². The molecule has 5 heteroatoms. The van der Waals surface area contributed by atoms with E-state index >= 15 is 0 Å². The zero-order valence-electron chi connectivity index (χ0n) is 15.0. The van der Waals surface area contributed by atoms with Crippen LogP contribution in [-0.4, -0.2) is 22.6 Å². The smallest absolute Gasteiger partial charge is 0.261 e. The van der Waals surface area contributed by atoms with E-state index in [2.05, 4.69) is 11.0 Å². The lowest BCUT2D eigenvalue weighted by Gasteiger charge is -2.43. The molecule has 3 aromatic rings. The van der Waals surface area contributed by atoms with Crippen LogP contribution in [0.15, 0.2) is 64.0 Å². The Morgan fingerprint density at radius 1 is 1.04 bits per heavy atom. The molecular weight excluding hydrogens is 343 g/mol. The highest BCUT2D eigenvalue weighted by Gasteiger charge is 2.35. The zero-order valence-corrected chi connectivity index (χ0v) is 15.0. The number of nitrogens with zero attached hydrogens (tertiary/aromatic N) is 2. The Kier molecular flexibility index (Phi) is 3.97. The van der Waals surface area contributed by atoms with Crippen LogP contribution < -0.4 is 5.56 Å². The van der Waals surface area contributed by atoms with Crippen molar-refractivity contribution in [2.24, 2.45) is 5.92 Å². The van der Waals surface area contributed by atoms with Crippen LogP contribution in [0.4, 0.5) is 4.39 Å². The standard InChI is InChI=1S/C22H21FN2O2/c23-18-5-3-15(4-6-18)11-24-12-16-10-17(14-24)20-8-7-19(21-2-1-9-27-21)22(26)25(20)13-16/h1-9,16-17H,10-14H2/t16-,17+/m0/s1. The van der Waals surface area contributed by atoms with Crippen LogP contribution in [0.1, 0.15) is 23.6 Å². The first-order chi connectivity index (χ1) is 13.2. The van der Waals surface area contributed by atoms with Gasteiger partial charge in [-0.2, -0.15) is 0 Å². The number of benzene rings is 1. The second-order valence-electron chi connectivity index (χ2n) is 7.68. The molecule has 0 spiro atoms. The molecule has 2 bridgehead atoms. The van der Waals surface area contributed by atoms with E-state index in [1.54, 1.807) is 12.3 Å². The Morgan fingerprint density at radius 3 is 2.67 bits per heavy atom. The summed E-state index contributed by atoms with van der Waals surface area (Å²) in [5.74, 6) is 1.25. The molecule has 0 aliphatic carbocycles. The summed E-state index contributed by atoms with van der Waals surface area (Å²) >= 11 is 0. The molecule has 1 aromatic carbocycles. The molecule has 2 aliphatic rings. The minimum Gasteiger partial charge on any atom is -0.464 e. The molecule has 138 valence electrons. The Hall–Kier alpha value is -2.66. The Balaban J connectivity index is 1.42. The first-order valence-electron chi connectivity index (χ1n) is 9.42. The molecule has 0 amide bonds. The number of likely N-dealkylation sites (tertiary alicyclic amines) is 1. The molecule has 2 atom stereocenters. The molecule has 27 heavy (non-hydrogen) atoms. The number of aromatic nitrogens is 1. The Labute approximate surface area is 156 Å². The highest BCUT2D eigenvalue weighted by Crippen LogP contribution is 2.36. The van der Waals surface area contributed by atoms with Gasteiger partial charge in [0.05, 0.1) is 11.8 Å². The molecular formula is C22H21FN2O2. The van der Waals surface area contributed by atoms with Crippen LogP contribution in [-0.2, 0) is 13.1 Å². The predicted molar refractivity (Wildman–Crippen MR) is 101 cm³/mol. The maximum absolute atomic E-state index is 13.1. The summed E-state index contributed by atoms with van der Waals surface area (Å²) < 4.78 is 20.5. The number of furan rings is 1. The first-order valence-corrected chi connectivity index (χ1v) is 9.42. The fourth-order valence-electron chi connectivity index (χ4n) is 4.64. The molecule has 1 fully saturated rings. The summed E-state index contributed by atoms with van der Waals surface area (Å²) in [5, 5.41) is 0. The van der Waals surface area contributed by atoms with Crippen molar-refractivity contribution in [3.05, 3.63) is 82.2 Å². The lowest BCUT2D eigenvalue weighted by Crippen LogP contribution is -2.46. The van der Waals surface area contributed by atoms with Gasteiger partial charge in [0.1, 0.15) is 11.6 Å². The lowest BCUT2D eigenvalue weighted by atomic mass is 9.82. The SMILES string of the molecule is O=c1c(-c2ccco2)ccc2n1C[C@H]1C[C@@H]2CN(Cc2ccc(F)cc2)C1. The molecule has 4 heterocycles. The van der Waals surface area contributed by atoms with Gasteiger partial charge in [0, 0.05) is 37.8 Å². The number of hydrogen-bond donors (Lipinski definition) is 0. The predicted octanol–water partition coefficient (Wildman–Crippen LogP) is 3.87. The van der Waals surface area contributed by atoms with Crippen LogP contribution >= 0.6 is 0 Å². The molecule has 4 nitrogen and oxygen atoms in total. The quantitative estimate of drug-likeness (QED) is 0.708. The van der Waals surface area contributed by atoms with Gasteiger partial charge < -0.3 is 8.98 Å². The zero-order chi connectivity index (χ0) is 18.4. The van der Waals surface area contributed by atoms with Gasteiger partial charge in [0.15, 0.2) is 0 Å². The van der Waals surface area contributed by atoms with Crippen molar-refractivity contribution in [3.63, 3.8) is 0 Å². The summed E-state index contributed by atoms with van der Waals surface area (Å²) in [6.45, 7) is 3.46. The van der Waals surface area contributed by atoms with Crippen molar-refractivity contribution < 1.29 is 8.81 Å². The highest BCUT2D eigenvalue weighted by molar-refractivity contribution is 5.56. The van der Waals surface area contributed by atoms with E-state index in [1.807, 2.05) is 28.8 Å². The summed E-state index contributed by atoms with van der Waals surface area (Å²) in [5.41, 5.74) is 2.92. The molecule has 0 unspecified atom stereocenters. The van der Waals surface area contributed by atoms with E-state index in [4.69, 9.17) is 4.42 Å². The van der Waals surface area contributed by atoms with Gasteiger partial charge in [0.2, 0.25) is 0 Å². The van der Waals surface area contributed by atoms with Crippen LogP contribution in [0.3, 0.4) is 0 Å². The topological polar surface area (TPSA) is 38.4 Å². The number of piperidine rings is 1. The minimum atomic E-state index is -0.199. The van der Waals surface area contributed by atoms with Crippen LogP contribution in [0.5, 0.6) is 0 Å². The van der Waals surface area contributed by atoms with Crippen molar-refractivity contribution in [1.29, 1.82) is 0 Å². The van der Waals surface area contributed by atoms with Crippen molar-refractivity contribution in [1.82, 2.24) is 9.47 Å². The van der Waals surface area contributed by atoms with Crippen LogP contribution in [0.2, 0.25) is 0 Å². The Bertz CT molecular complexity index is 1010. The molecule has 0 saturated carbocycles. The normalized spacial score (nSPS) is 21.8. The summed E-state index contributed by atoms with van der Waals surface area (Å²) in [4.78, 5) is 15.4. The molecule has 0 N–H and O–H groups in total.